The topological polar surface area (TPSA) is 70.0 Å². The molecule has 0 radical (unpaired) electrons. The summed E-state index contributed by atoms with van der Waals surface area (Å²) in [6, 6.07) is 5.54. The second-order valence-electron chi connectivity index (χ2n) is 6.40. The number of benzene rings is 1. The van der Waals surface area contributed by atoms with Crippen LogP contribution in [-0.4, -0.2) is 47.3 Å². The Labute approximate surface area is 148 Å². The molecule has 1 fully saturated rings. The third kappa shape index (κ3) is 5.65. The largest absolute Gasteiger partial charge is 0.493 e. The summed E-state index contributed by atoms with van der Waals surface area (Å²) in [5.74, 6) is 0.154. The highest BCUT2D eigenvalue weighted by Gasteiger charge is 2.29. The van der Waals surface area contributed by atoms with E-state index in [0.29, 0.717) is 11.6 Å². The molecule has 2 heterocycles. The van der Waals surface area contributed by atoms with Gasteiger partial charge in [-0.3, -0.25) is 4.79 Å². The molecule has 0 saturated carbocycles. The standard InChI is InChI=1S/C16H22ClNO2.C2H4O2/c17-13-4-5-14-15(10-13)20-9-6-12(16(14)19)11-18-7-2-1-3-8-18;1-2(3)4/h4-5,10,12,16,19H,1-3,6-9,11H2;1H3,(H,3,4). The Morgan fingerprint density at radius 2 is 2.00 bits per heavy atom. The summed E-state index contributed by atoms with van der Waals surface area (Å²) >= 11 is 6.00. The average Bonchev–Trinajstić information content (AvgIpc) is 2.67. The number of carboxylic acids is 1. The number of halogens is 1. The van der Waals surface area contributed by atoms with Crippen molar-refractivity contribution in [1.29, 1.82) is 0 Å². The van der Waals surface area contributed by atoms with Crippen LogP contribution < -0.4 is 4.74 Å². The molecule has 2 atom stereocenters. The first-order valence-electron chi connectivity index (χ1n) is 8.49. The predicted octanol–water partition coefficient (Wildman–Crippen LogP) is 3.35. The van der Waals surface area contributed by atoms with Gasteiger partial charge in [-0.1, -0.05) is 24.1 Å². The molecule has 2 aliphatic rings. The van der Waals surface area contributed by atoms with E-state index in [1.807, 2.05) is 18.2 Å². The van der Waals surface area contributed by atoms with Gasteiger partial charge < -0.3 is 19.8 Å². The molecular formula is C18H26ClNO4. The van der Waals surface area contributed by atoms with Crippen molar-refractivity contribution in [2.45, 2.75) is 38.7 Å². The molecule has 3 rings (SSSR count). The summed E-state index contributed by atoms with van der Waals surface area (Å²) in [6.07, 6.45) is 4.35. The van der Waals surface area contributed by atoms with Crippen LogP contribution in [0, 0.1) is 5.92 Å². The molecule has 0 spiro atoms. The maximum Gasteiger partial charge on any atom is 0.300 e. The number of aliphatic hydroxyl groups is 1. The van der Waals surface area contributed by atoms with Crippen molar-refractivity contribution in [1.82, 2.24) is 4.90 Å². The van der Waals surface area contributed by atoms with Crippen LogP contribution in [0.5, 0.6) is 5.75 Å². The zero-order chi connectivity index (χ0) is 17.5. The van der Waals surface area contributed by atoms with Crippen molar-refractivity contribution in [2.75, 3.05) is 26.2 Å². The average molecular weight is 356 g/mol. The van der Waals surface area contributed by atoms with Crippen LogP contribution >= 0.6 is 11.6 Å². The summed E-state index contributed by atoms with van der Waals surface area (Å²) < 4.78 is 5.76. The molecule has 24 heavy (non-hydrogen) atoms. The van der Waals surface area contributed by atoms with E-state index >= 15 is 0 Å². The van der Waals surface area contributed by atoms with Crippen LogP contribution in [0.2, 0.25) is 5.02 Å². The van der Waals surface area contributed by atoms with Gasteiger partial charge in [0.15, 0.2) is 0 Å². The molecule has 2 N–H and O–H groups in total. The molecular weight excluding hydrogens is 330 g/mol. The van der Waals surface area contributed by atoms with Crippen LogP contribution in [0.4, 0.5) is 0 Å². The van der Waals surface area contributed by atoms with Crippen molar-refractivity contribution < 1.29 is 19.7 Å². The van der Waals surface area contributed by atoms with Gasteiger partial charge in [0.2, 0.25) is 0 Å². The molecule has 6 heteroatoms. The Bertz CT molecular complexity index is 542. The quantitative estimate of drug-likeness (QED) is 0.851. The molecule has 0 bridgehead atoms. The first-order valence-corrected chi connectivity index (χ1v) is 8.87. The molecule has 0 amide bonds. The monoisotopic (exact) mass is 355 g/mol. The van der Waals surface area contributed by atoms with Gasteiger partial charge >= 0.3 is 0 Å². The zero-order valence-electron chi connectivity index (χ0n) is 14.1. The summed E-state index contributed by atoms with van der Waals surface area (Å²) in [6.45, 7) is 5.03. The molecule has 1 aromatic rings. The van der Waals surface area contributed by atoms with Crippen LogP contribution in [0.25, 0.3) is 0 Å². The number of hydrogen-bond donors (Lipinski definition) is 2. The second-order valence-corrected chi connectivity index (χ2v) is 6.84. The Kier molecular flexibility index (Phi) is 7.34. The zero-order valence-corrected chi connectivity index (χ0v) is 14.8. The SMILES string of the molecule is CC(=O)O.OC1c2ccc(Cl)cc2OCCC1CN1CCCCC1. The number of aliphatic hydroxyl groups excluding tert-OH is 1. The summed E-state index contributed by atoms with van der Waals surface area (Å²) in [5, 5.41) is 18.7. The summed E-state index contributed by atoms with van der Waals surface area (Å²) in [7, 11) is 0. The van der Waals surface area contributed by atoms with E-state index in [-0.39, 0.29) is 5.92 Å². The highest BCUT2D eigenvalue weighted by Crippen LogP contribution is 2.37. The van der Waals surface area contributed by atoms with E-state index in [9.17, 15) is 5.11 Å². The number of aliphatic carboxylic acids is 1. The van der Waals surface area contributed by atoms with Crippen molar-refractivity contribution in [3.63, 3.8) is 0 Å². The lowest BCUT2D eigenvalue weighted by Gasteiger charge is -2.31. The summed E-state index contributed by atoms with van der Waals surface area (Å²) in [5.41, 5.74) is 0.883. The van der Waals surface area contributed by atoms with Gasteiger partial charge in [-0.15, -0.1) is 0 Å². The first kappa shape index (κ1) is 19.0. The van der Waals surface area contributed by atoms with Crippen molar-refractivity contribution in [3.8, 4) is 5.75 Å². The van der Waals surface area contributed by atoms with Crippen LogP contribution in [0.3, 0.4) is 0 Å². The summed E-state index contributed by atoms with van der Waals surface area (Å²) in [4.78, 5) is 11.5. The molecule has 2 aliphatic heterocycles. The van der Waals surface area contributed by atoms with Gasteiger partial charge in [0, 0.05) is 30.0 Å². The minimum absolute atomic E-state index is 0.246. The van der Waals surface area contributed by atoms with Gasteiger partial charge in [0.05, 0.1) is 12.7 Å². The third-order valence-corrected chi connectivity index (χ3v) is 4.66. The van der Waals surface area contributed by atoms with E-state index in [4.69, 9.17) is 26.2 Å². The number of nitrogens with zero attached hydrogens (tertiary/aromatic N) is 1. The smallest absolute Gasteiger partial charge is 0.300 e. The number of rotatable bonds is 2. The number of hydrogen-bond acceptors (Lipinski definition) is 4. The lowest BCUT2D eigenvalue weighted by Crippen LogP contribution is -2.36. The fourth-order valence-electron chi connectivity index (χ4n) is 3.27. The Morgan fingerprint density at radius 3 is 2.67 bits per heavy atom. The maximum atomic E-state index is 10.7. The molecule has 5 nitrogen and oxygen atoms in total. The first-order chi connectivity index (χ1) is 11.5. The number of carbonyl (C=O) groups is 1. The highest BCUT2D eigenvalue weighted by molar-refractivity contribution is 6.30. The Morgan fingerprint density at radius 1 is 1.33 bits per heavy atom. The molecule has 0 aliphatic carbocycles. The highest BCUT2D eigenvalue weighted by atomic mass is 35.5. The molecule has 1 saturated heterocycles. The van der Waals surface area contributed by atoms with E-state index in [0.717, 1.165) is 44.3 Å². The fourth-order valence-corrected chi connectivity index (χ4v) is 3.44. The fraction of sp³-hybridized carbons (Fsp3) is 0.611. The number of carboxylic acid groups (broad SMARTS) is 1. The van der Waals surface area contributed by atoms with Crippen LogP contribution in [0.15, 0.2) is 18.2 Å². The molecule has 0 aromatic heterocycles. The van der Waals surface area contributed by atoms with Crippen molar-refractivity contribution >= 4 is 17.6 Å². The third-order valence-electron chi connectivity index (χ3n) is 4.43. The Balaban J connectivity index is 0.000000471. The number of likely N-dealkylation sites (tertiary alicyclic amines) is 1. The minimum Gasteiger partial charge on any atom is -0.493 e. The van der Waals surface area contributed by atoms with Gasteiger partial charge in [-0.25, -0.2) is 0 Å². The van der Waals surface area contributed by atoms with E-state index in [1.54, 1.807) is 0 Å². The normalized spacial score (nSPS) is 24.0. The predicted molar refractivity (Wildman–Crippen MR) is 93.6 cm³/mol. The minimum atomic E-state index is -0.833. The van der Waals surface area contributed by atoms with E-state index in [1.165, 1.54) is 19.3 Å². The van der Waals surface area contributed by atoms with Gasteiger partial charge in [0.25, 0.3) is 5.97 Å². The van der Waals surface area contributed by atoms with Crippen LogP contribution in [-0.2, 0) is 4.79 Å². The molecule has 134 valence electrons. The number of piperidine rings is 1. The molecule has 1 aromatic carbocycles. The lowest BCUT2D eigenvalue weighted by molar-refractivity contribution is -0.134. The van der Waals surface area contributed by atoms with Gasteiger partial charge in [0.1, 0.15) is 5.75 Å². The van der Waals surface area contributed by atoms with Crippen molar-refractivity contribution in [2.24, 2.45) is 5.92 Å². The van der Waals surface area contributed by atoms with Gasteiger partial charge in [-0.05, 0) is 44.5 Å². The van der Waals surface area contributed by atoms with E-state index < -0.39 is 12.1 Å². The van der Waals surface area contributed by atoms with Crippen molar-refractivity contribution in [3.05, 3.63) is 28.8 Å². The van der Waals surface area contributed by atoms with Crippen LogP contribution in [0.1, 0.15) is 44.3 Å². The lowest BCUT2D eigenvalue weighted by atomic mass is 9.92. The van der Waals surface area contributed by atoms with Gasteiger partial charge in [-0.2, -0.15) is 0 Å². The second kappa shape index (κ2) is 9.25. The maximum absolute atomic E-state index is 10.7. The Hall–Kier alpha value is -1.30. The van der Waals surface area contributed by atoms with E-state index in [2.05, 4.69) is 4.90 Å². The molecule has 2 unspecified atom stereocenters. The number of ether oxygens (including phenoxy) is 1. The number of fused-ring (bicyclic) bond motifs is 1.